The SMILES string of the molecule is CCc1nc(SCc2ccc(C(C)C)cc2)n[nH]1. The summed E-state index contributed by atoms with van der Waals surface area (Å²) in [6.07, 6.45) is 0.899. The van der Waals surface area contributed by atoms with E-state index in [0.29, 0.717) is 5.92 Å². The lowest BCUT2D eigenvalue weighted by atomic mass is 10.0. The van der Waals surface area contributed by atoms with Gasteiger partial charge in [-0.25, -0.2) is 4.98 Å². The maximum absolute atomic E-state index is 4.39. The molecule has 0 spiro atoms. The van der Waals surface area contributed by atoms with Crippen LogP contribution >= 0.6 is 11.8 Å². The molecule has 0 aliphatic heterocycles. The molecule has 1 N–H and O–H groups in total. The first-order valence-corrected chi connectivity index (χ1v) is 7.30. The van der Waals surface area contributed by atoms with E-state index in [2.05, 4.69) is 60.2 Å². The van der Waals surface area contributed by atoms with Crippen LogP contribution in [0.2, 0.25) is 0 Å². The highest BCUT2D eigenvalue weighted by molar-refractivity contribution is 7.98. The summed E-state index contributed by atoms with van der Waals surface area (Å²) < 4.78 is 0. The Hall–Kier alpha value is -1.29. The first kappa shape index (κ1) is 13.1. The molecule has 2 aromatic rings. The molecule has 0 aliphatic carbocycles. The molecule has 0 saturated heterocycles. The fourth-order valence-electron chi connectivity index (χ4n) is 1.65. The van der Waals surface area contributed by atoms with Crippen LogP contribution in [-0.2, 0) is 12.2 Å². The van der Waals surface area contributed by atoms with Crippen LogP contribution in [0.1, 0.15) is 43.6 Å². The molecule has 0 unspecified atom stereocenters. The van der Waals surface area contributed by atoms with Gasteiger partial charge < -0.3 is 0 Å². The van der Waals surface area contributed by atoms with Crippen LogP contribution in [0.15, 0.2) is 29.4 Å². The van der Waals surface area contributed by atoms with Crippen LogP contribution in [0.4, 0.5) is 0 Å². The molecular weight excluding hydrogens is 242 g/mol. The van der Waals surface area contributed by atoms with Crippen molar-refractivity contribution in [3.63, 3.8) is 0 Å². The summed E-state index contributed by atoms with van der Waals surface area (Å²) >= 11 is 1.67. The normalized spacial score (nSPS) is 11.1. The summed E-state index contributed by atoms with van der Waals surface area (Å²) in [5.41, 5.74) is 2.70. The third-order valence-corrected chi connectivity index (χ3v) is 3.78. The molecule has 2 rings (SSSR count). The van der Waals surface area contributed by atoms with E-state index in [4.69, 9.17) is 0 Å². The van der Waals surface area contributed by atoms with Gasteiger partial charge in [-0.3, -0.25) is 5.10 Å². The fourth-order valence-corrected chi connectivity index (χ4v) is 2.42. The lowest BCUT2D eigenvalue weighted by molar-refractivity contribution is 0.866. The van der Waals surface area contributed by atoms with E-state index >= 15 is 0 Å². The molecule has 18 heavy (non-hydrogen) atoms. The highest BCUT2D eigenvalue weighted by Gasteiger charge is 2.03. The van der Waals surface area contributed by atoms with Gasteiger partial charge in [0.1, 0.15) is 5.82 Å². The van der Waals surface area contributed by atoms with E-state index < -0.39 is 0 Å². The molecule has 0 radical (unpaired) electrons. The number of H-pyrrole nitrogens is 1. The number of aromatic amines is 1. The number of benzene rings is 1. The number of rotatable bonds is 5. The molecule has 1 aromatic carbocycles. The van der Waals surface area contributed by atoms with Gasteiger partial charge in [-0.2, -0.15) is 0 Å². The lowest BCUT2D eigenvalue weighted by Gasteiger charge is -2.05. The molecule has 4 heteroatoms. The van der Waals surface area contributed by atoms with Crippen LogP contribution in [0.5, 0.6) is 0 Å². The van der Waals surface area contributed by atoms with Crippen LogP contribution in [-0.4, -0.2) is 15.2 Å². The van der Waals surface area contributed by atoms with Crippen molar-refractivity contribution in [1.82, 2.24) is 15.2 Å². The Kier molecular flexibility index (Phi) is 4.42. The van der Waals surface area contributed by atoms with Crippen molar-refractivity contribution in [2.45, 2.75) is 44.0 Å². The monoisotopic (exact) mass is 261 g/mol. The average molecular weight is 261 g/mol. The minimum absolute atomic E-state index is 0.590. The number of nitrogens with one attached hydrogen (secondary N) is 1. The van der Waals surface area contributed by atoms with Crippen LogP contribution in [0, 0.1) is 0 Å². The van der Waals surface area contributed by atoms with Gasteiger partial charge in [0, 0.05) is 12.2 Å². The second-order valence-corrected chi connectivity index (χ2v) is 5.55. The Morgan fingerprint density at radius 1 is 1.22 bits per heavy atom. The van der Waals surface area contributed by atoms with Crippen molar-refractivity contribution in [3.05, 3.63) is 41.2 Å². The minimum Gasteiger partial charge on any atom is -0.262 e. The van der Waals surface area contributed by atoms with Crippen LogP contribution in [0.3, 0.4) is 0 Å². The fraction of sp³-hybridized carbons (Fsp3) is 0.429. The number of hydrogen-bond donors (Lipinski definition) is 1. The highest BCUT2D eigenvalue weighted by atomic mass is 32.2. The molecule has 0 amide bonds. The van der Waals surface area contributed by atoms with Crippen molar-refractivity contribution in [1.29, 1.82) is 0 Å². The molecule has 0 fully saturated rings. The Morgan fingerprint density at radius 2 is 1.94 bits per heavy atom. The molecular formula is C14H19N3S. The lowest BCUT2D eigenvalue weighted by Crippen LogP contribution is -1.88. The second-order valence-electron chi connectivity index (χ2n) is 4.60. The Balaban J connectivity index is 1.93. The van der Waals surface area contributed by atoms with E-state index in [1.54, 1.807) is 11.8 Å². The number of nitrogens with zero attached hydrogens (tertiary/aromatic N) is 2. The van der Waals surface area contributed by atoms with Gasteiger partial charge in [0.25, 0.3) is 0 Å². The first-order valence-electron chi connectivity index (χ1n) is 6.32. The van der Waals surface area contributed by atoms with Crippen molar-refractivity contribution >= 4 is 11.8 Å². The summed E-state index contributed by atoms with van der Waals surface area (Å²) in [5, 5.41) is 7.94. The van der Waals surface area contributed by atoms with Crippen LogP contribution in [0.25, 0.3) is 0 Å². The van der Waals surface area contributed by atoms with Crippen molar-refractivity contribution < 1.29 is 0 Å². The number of aryl methyl sites for hydroxylation is 1. The van der Waals surface area contributed by atoms with Gasteiger partial charge in [-0.05, 0) is 17.0 Å². The summed E-state index contributed by atoms with van der Waals surface area (Å²) in [5.74, 6) is 2.46. The predicted octanol–water partition coefficient (Wildman–Crippen LogP) is 3.78. The zero-order valence-electron chi connectivity index (χ0n) is 11.1. The molecule has 1 aromatic heterocycles. The van der Waals surface area contributed by atoms with Gasteiger partial charge in [-0.15, -0.1) is 5.10 Å². The van der Waals surface area contributed by atoms with Gasteiger partial charge in [0.2, 0.25) is 5.16 Å². The smallest absolute Gasteiger partial charge is 0.208 e. The quantitative estimate of drug-likeness (QED) is 0.833. The van der Waals surface area contributed by atoms with E-state index in [-0.39, 0.29) is 0 Å². The summed E-state index contributed by atoms with van der Waals surface area (Å²) in [6, 6.07) is 8.79. The van der Waals surface area contributed by atoms with Gasteiger partial charge >= 0.3 is 0 Å². The minimum atomic E-state index is 0.590. The molecule has 0 bridgehead atoms. The van der Waals surface area contributed by atoms with Crippen molar-refractivity contribution in [2.75, 3.05) is 0 Å². The Bertz CT molecular complexity index is 488. The van der Waals surface area contributed by atoms with Crippen molar-refractivity contribution in [3.8, 4) is 0 Å². The summed E-state index contributed by atoms with van der Waals surface area (Å²) in [7, 11) is 0. The molecule has 0 saturated carbocycles. The van der Waals surface area contributed by atoms with E-state index in [0.717, 1.165) is 23.2 Å². The Morgan fingerprint density at radius 3 is 2.50 bits per heavy atom. The third-order valence-electron chi connectivity index (χ3n) is 2.86. The van der Waals surface area contributed by atoms with Gasteiger partial charge in [0.05, 0.1) is 0 Å². The van der Waals surface area contributed by atoms with Gasteiger partial charge in [0.15, 0.2) is 0 Å². The van der Waals surface area contributed by atoms with Crippen molar-refractivity contribution in [2.24, 2.45) is 0 Å². The zero-order valence-corrected chi connectivity index (χ0v) is 11.9. The zero-order chi connectivity index (χ0) is 13.0. The standard InChI is InChI=1S/C14H19N3S/c1-4-13-15-14(17-16-13)18-9-11-5-7-12(8-6-11)10(2)3/h5-8,10H,4,9H2,1-3H3,(H,15,16,17). The first-order chi connectivity index (χ1) is 8.69. The molecule has 0 aliphatic rings. The van der Waals surface area contributed by atoms with Crippen LogP contribution < -0.4 is 0 Å². The number of aromatic nitrogens is 3. The number of thioether (sulfide) groups is 1. The van der Waals surface area contributed by atoms with E-state index in [1.165, 1.54) is 11.1 Å². The molecule has 1 heterocycles. The summed E-state index contributed by atoms with van der Waals surface area (Å²) in [4.78, 5) is 4.39. The largest absolute Gasteiger partial charge is 0.262 e. The Labute approximate surface area is 112 Å². The third kappa shape index (κ3) is 3.35. The number of hydrogen-bond acceptors (Lipinski definition) is 3. The van der Waals surface area contributed by atoms with E-state index in [9.17, 15) is 0 Å². The maximum atomic E-state index is 4.39. The second kappa shape index (κ2) is 6.05. The molecule has 96 valence electrons. The summed E-state index contributed by atoms with van der Waals surface area (Å²) in [6.45, 7) is 6.49. The highest BCUT2D eigenvalue weighted by Crippen LogP contribution is 2.21. The van der Waals surface area contributed by atoms with Gasteiger partial charge in [-0.1, -0.05) is 56.8 Å². The van der Waals surface area contributed by atoms with E-state index in [1.807, 2.05) is 0 Å². The molecule has 0 atom stereocenters. The average Bonchev–Trinajstić information content (AvgIpc) is 2.85. The predicted molar refractivity (Wildman–Crippen MR) is 75.9 cm³/mol. The maximum Gasteiger partial charge on any atom is 0.208 e. The molecule has 3 nitrogen and oxygen atoms in total. The topological polar surface area (TPSA) is 41.6 Å².